The van der Waals surface area contributed by atoms with E-state index in [0.717, 1.165) is 48.2 Å². The molecular weight excluding hydrogens is 294 g/mol. The van der Waals surface area contributed by atoms with Crippen molar-refractivity contribution in [2.24, 2.45) is 17.6 Å². The zero-order chi connectivity index (χ0) is 12.7. The minimum Gasteiger partial charge on any atom is -0.370 e. The SMILES string of the molecule is NC(=O)c1ccc(N2C[C@H]3CNC[C@H]3C2)c(Br)c1. The van der Waals surface area contributed by atoms with Gasteiger partial charge in [-0.1, -0.05) is 0 Å². The van der Waals surface area contributed by atoms with Crippen LogP contribution in [-0.4, -0.2) is 32.1 Å². The quantitative estimate of drug-likeness (QED) is 0.863. The smallest absolute Gasteiger partial charge is 0.248 e. The van der Waals surface area contributed by atoms with Crippen molar-refractivity contribution < 1.29 is 4.79 Å². The molecule has 1 amide bonds. The van der Waals surface area contributed by atoms with E-state index < -0.39 is 0 Å². The minimum atomic E-state index is -0.384. The average molecular weight is 310 g/mol. The lowest BCUT2D eigenvalue weighted by Crippen LogP contribution is -2.25. The molecule has 0 aliphatic carbocycles. The van der Waals surface area contributed by atoms with Crippen LogP contribution in [-0.2, 0) is 0 Å². The number of benzene rings is 1. The summed E-state index contributed by atoms with van der Waals surface area (Å²) in [5.41, 5.74) is 6.99. The predicted octanol–water partition coefficient (Wildman–Crippen LogP) is 1.20. The first-order valence-corrected chi connectivity index (χ1v) is 6.99. The highest BCUT2D eigenvalue weighted by Crippen LogP contribution is 2.34. The Hall–Kier alpha value is -1.07. The van der Waals surface area contributed by atoms with E-state index in [2.05, 4.69) is 26.1 Å². The van der Waals surface area contributed by atoms with Crippen LogP contribution in [0.5, 0.6) is 0 Å². The van der Waals surface area contributed by atoms with Crippen LogP contribution < -0.4 is 16.0 Å². The summed E-state index contributed by atoms with van der Waals surface area (Å²) in [4.78, 5) is 13.5. The first-order chi connectivity index (χ1) is 8.65. The van der Waals surface area contributed by atoms with Gasteiger partial charge in [0.1, 0.15) is 0 Å². The molecule has 96 valence electrons. The summed E-state index contributed by atoms with van der Waals surface area (Å²) in [6.45, 7) is 4.43. The van der Waals surface area contributed by atoms with E-state index in [9.17, 15) is 4.79 Å². The van der Waals surface area contributed by atoms with Gasteiger partial charge in [-0.25, -0.2) is 0 Å². The van der Waals surface area contributed by atoms with Gasteiger partial charge in [-0.05, 0) is 46.0 Å². The normalized spacial score (nSPS) is 26.4. The Morgan fingerprint density at radius 2 is 2.00 bits per heavy atom. The highest BCUT2D eigenvalue weighted by atomic mass is 79.9. The molecule has 18 heavy (non-hydrogen) atoms. The molecule has 2 atom stereocenters. The number of fused-ring (bicyclic) bond motifs is 1. The number of rotatable bonds is 2. The molecule has 0 aromatic heterocycles. The van der Waals surface area contributed by atoms with Gasteiger partial charge in [0, 0.05) is 36.2 Å². The van der Waals surface area contributed by atoms with Gasteiger partial charge >= 0.3 is 0 Å². The lowest BCUT2D eigenvalue weighted by atomic mass is 10.0. The highest BCUT2D eigenvalue weighted by Gasteiger charge is 2.36. The molecule has 2 heterocycles. The topological polar surface area (TPSA) is 58.4 Å². The second-order valence-corrected chi connectivity index (χ2v) is 5.97. The molecular formula is C13H16BrN3O. The lowest BCUT2D eigenvalue weighted by molar-refractivity contribution is 0.100. The Kier molecular flexibility index (Phi) is 3.03. The van der Waals surface area contributed by atoms with Gasteiger partial charge < -0.3 is 16.0 Å². The van der Waals surface area contributed by atoms with Gasteiger partial charge in [-0.15, -0.1) is 0 Å². The average Bonchev–Trinajstić information content (AvgIpc) is 2.88. The third-order valence-electron chi connectivity index (χ3n) is 3.96. The molecule has 0 saturated carbocycles. The third-order valence-corrected chi connectivity index (χ3v) is 4.60. The van der Waals surface area contributed by atoms with Crippen LogP contribution in [0.3, 0.4) is 0 Å². The fourth-order valence-electron chi connectivity index (χ4n) is 2.97. The van der Waals surface area contributed by atoms with Crippen LogP contribution in [0.1, 0.15) is 10.4 Å². The van der Waals surface area contributed by atoms with Crippen molar-refractivity contribution in [1.82, 2.24) is 5.32 Å². The maximum absolute atomic E-state index is 11.1. The molecule has 3 rings (SSSR count). The highest BCUT2D eigenvalue weighted by molar-refractivity contribution is 9.10. The summed E-state index contributed by atoms with van der Waals surface area (Å²) >= 11 is 3.54. The fourth-order valence-corrected chi connectivity index (χ4v) is 3.60. The monoisotopic (exact) mass is 309 g/mol. The molecule has 4 nitrogen and oxygen atoms in total. The van der Waals surface area contributed by atoms with Crippen LogP contribution >= 0.6 is 15.9 Å². The zero-order valence-corrected chi connectivity index (χ0v) is 11.6. The van der Waals surface area contributed by atoms with Gasteiger partial charge in [-0.3, -0.25) is 4.79 Å². The Labute approximate surface area is 115 Å². The standard InChI is InChI=1S/C13H16BrN3O/c14-11-3-8(13(15)18)1-2-12(11)17-6-9-4-16-5-10(9)7-17/h1-3,9-10,16H,4-7H2,(H2,15,18)/t9-,10+. The fraction of sp³-hybridized carbons (Fsp3) is 0.462. The van der Waals surface area contributed by atoms with E-state index in [1.54, 1.807) is 6.07 Å². The summed E-state index contributed by atoms with van der Waals surface area (Å²) in [7, 11) is 0. The number of anilines is 1. The third kappa shape index (κ3) is 2.01. The molecule has 2 fully saturated rings. The van der Waals surface area contributed by atoms with Crippen LogP contribution in [0.4, 0.5) is 5.69 Å². The summed E-state index contributed by atoms with van der Waals surface area (Å²) in [5, 5.41) is 3.44. The molecule has 2 aliphatic rings. The van der Waals surface area contributed by atoms with Crippen molar-refractivity contribution >= 4 is 27.5 Å². The molecule has 5 heteroatoms. The number of hydrogen-bond acceptors (Lipinski definition) is 3. The summed E-state index contributed by atoms with van der Waals surface area (Å²) < 4.78 is 0.951. The number of carbonyl (C=O) groups is 1. The van der Waals surface area contributed by atoms with E-state index in [1.807, 2.05) is 12.1 Å². The van der Waals surface area contributed by atoms with Crippen molar-refractivity contribution in [2.45, 2.75) is 0 Å². The summed E-state index contributed by atoms with van der Waals surface area (Å²) in [6.07, 6.45) is 0. The van der Waals surface area contributed by atoms with E-state index in [1.165, 1.54) is 0 Å². The van der Waals surface area contributed by atoms with E-state index >= 15 is 0 Å². The number of nitrogens with one attached hydrogen (secondary N) is 1. The molecule has 2 aliphatic heterocycles. The van der Waals surface area contributed by atoms with Crippen molar-refractivity contribution in [2.75, 3.05) is 31.1 Å². The molecule has 0 unspecified atom stereocenters. The minimum absolute atomic E-state index is 0.384. The van der Waals surface area contributed by atoms with Crippen LogP contribution in [0, 0.1) is 11.8 Å². The largest absolute Gasteiger partial charge is 0.370 e. The first kappa shape index (κ1) is 12.0. The Morgan fingerprint density at radius 1 is 1.33 bits per heavy atom. The second-order valence-electron chi connectivity index (χ2n) is 5.11. The Morgan fingerprint density at radius 3 is 2.56 bits per heavy atom. The van der Waals surface area contributed by atoms with E-state index in [-0.39, 0.29) is 5.91 Å². The Balaban J connectivity index is 1.83. The second kappa shape index (κ2) is 4.55. The van der Waals surface area contributed by atoms with Crippen molar-refractivity contribution in [3.63, 3.8) is 0 Å². The Bertz CT molecular complexity index is 479. The molecule has 1 aromatic rings. The van der Waals surface area contributed by atoms with Gasteiger partial charge in [0.25, 0.3) is 0 Å². The molecule has 2 saturated heterocycles. The molecule has 1 aromatic carbocycles. The molecule has 0 bridgehead atoms. The molecule has 0 radical (unpaired) electrons. The molecule has 0 spiro atoms. The van der Waals surface area contributed by atoms with Crippen LogP contribution in [0.15, 0.2) is 22.7 Å². The van der Waals surface area contributed by atoms with Crippen LogP contribution in [0.25, 0.3) is 0 Å². The first-order valence-electron chi connectivity index (χ1n) is 6.20. The van der Waals surface area contributed by atoms with Gasteiger partial charge in [-0.2, -0.15) is 0 Å². The van der Waals surface area contributed by atoms with Crippen molar-refractivity contribution in [1.29, 1.82) is 0 Å². The number of primary amides is 1. The van der Waals surface area contributed by atoms with E-state index in [0.29, 0.717) is 5.56 Å². The zero-order valence-electron chi connectivity index (χ0n) is 10.0. The van der Waals surface area contributed by atoms with Gasteiger partial charge in [0.05, 0.1) is 5.69 Å². The predicted molar refractivity (Wildman–Crippen MR) is 74.7 cm³/mol. The number of nitrogens with two attached hydrogens (primary N) is 1. The number of hydrogen-bond donors (Lipinski definition) is 2. The maximum atomic E-state index is 11.1. The lowest BCUT2D eigenvalue weighted by Gasteiger charge is -2.21. The molecule has 3 N–H and O–H groups in total. The number of carbonyl (C=O) groups excluding carboxylic acids is 1. The number of amides is 1. The van der Waals surface area contributed by atoms with Crippen LogP contribution in [0.2, 0.25) is 0 Å². The maximum Gasteiger partial charge on any atom is 0.248 e. The number of halogens is 1. The van der Waals surface area contributed by atoms with E-state index in [4.69, 9.17) is 5.73 Å². The van der Waals surface area contributed by atoms with Crippen molar-refractivity contribution in [3.8, 4) is 0 Å². The van der Waals surface area contributed by atoms with Gasteiger partial charge in [0.2, 0.25) is 5.91 Å². The van der Waals surface area contributed by atoms with Gasteiger partial charge in [0.15, 0.2) is 0 Å². The summed E-state index contributed by atoms with van der Waals surface area (Å²) in [5.74, 6) is 1.13. The van der Waals surface area contributed by atoms with Crippen molar-refractivity contribution in [3.05, 3.63) is 28.2 Å². The number of nitrogens with zero attached hydrogens (tertiary/aromatic N) is 1. The summed E-state index contributed by atoms with van der Waals surface area (Å²) in [6, 6.07) is 5.59.